The van der Waals surface area contributed by atoms with Crippen molar-refractivity contribution < 1.29 is 9.50 Å². The molecule has 0 amide bonds. The molecule has 0 aliphatic heterocycles. The molecule has 2 aromatic heterocycles. The minimum atomic E-state index is -0.781. The van der Waals surface area contributed by atoms with Crippen LogP contribution in [0.4, 0.5) is 4.39 Å². The van der Waals surface area contributed by atoms with E-state index in [1.54, 1.807) is 37.8 Å². The van der Waals surface area contributed by atoms with Gasteiger partial charge in [0.2, 0.25) is 0 Å². The average molecular weight is 452 g/mol. The van der Waals surface area contributed by atoms with Crippen molar-refractivity contribution in [2.75, 3.05) is 0 Å². The van der Waals surface area contributed by atoms with E-state index in [0.29, 0.717) is 17.2 Å². The summed E-state index contributed by atoms with van der Waals surface area (Å²) in [6.45, 7) is 11.5. The molecular weight excluding hydrogens is 417 g/mol. The fraction of sp³-hybridized carbons (Fsp3) is 0.346. The first-order valence-electron chi connectivity index (χ1n) is 11.1. The van der Waals surface area contributed by atoms with Crippen molar-refractivity contribution >= 4 is 5.84 Å². The van der Waals surface area contributed by atoms with E-state index in [1.165, 1.54) is 12.1 Å². The van der Waals surface area contributed by atoms with Crippen molar-refractivity contribution in [2.24, 2.45) is 10.7 Å². The van der Waals surface area contributed by atoms with Gasteiger partial charge in [-0.2, -0.15) is 0 Å². The van der Waals surface area contributed by atoms with Gasteiger partial charge in [-0.25, -0.2) is 14.4 Å². The van der Waals surface area contributed by atoms with Gasteiger partial charge < -0.3 is 15.4 Å². The summed E-state index contributed by atoms with van der Waals surface area (Å²) in [4.78, 5) is 12.4. The van der Waals surface area contributed by atoms with Gasteiger partial charge in [0.15, 0.2) is 5.84 Å². The Labute approximate surface area is 195 Å². The number of aliphatic imine (C=N–C) groups is 1. The predicted molar refractivity (Wildman–Crippen MR) is 132 cm³/mol. The van der Waals surface area contributed by atoms with Crippen LogP contribution in [0.1, 0.15) is 63.4 Å². The van der Waals surface area contributed by atoms with Crippen LogP contribution in [0.3, 0.4) is 0 Å². The number of imidazole rings is 1. The standard InChI is InChI=1S/C13H19FO.C13H15N5/c1-3-9-13(15,10-4-2)11-5-7-12(14)8-6-11;1-9(2)17-13(14)12-10(3)18(8-16-12)11-4-6-15-7-5-11/h5-8,15H,3-4,9-10H2,1-2H3;4-8H,1H2,2-3H3,(H2,14,17). The molecule has 176 valence electrons. The van der Waals surface area contributed by atoms with E-state index in [2.05, 4.69) is 21.5 Å². The topological polar surface area (TPSA) is 89.3 Å². The Morgan fingerprint density at radius 2 is 1.70 bits per heavy atom. The highest BCUT2D eigenvalue weighted by atomic mass is 19.1. The first kappa shape index (κ1) is 25.9. The molecule has 2 heterocycles. The summed E-state index contributed by atoms with van der Waals surface area (Å²) in [5.74, 6) is 0.127. The van der Waals surface area contributed by atoms with Gasteiger partial charge in [0, 0.05) is 23.8 Å². The minimum Gasteiger partial charge on any atom is -0.385 e. The highest BCUT2D eigenvalue weighted by molar-refractivity contribution is 5.97. The highest BCUT2D eigenvalue weighted by Crippen LogP contribution is 2.31. The minimum absolute atomic E-state index is 0.255. The van der Waals surface area contributed by atoms with E-state index >= 15 is 0 Å². The van der Waals surface area contributed by atoms with E-state index < -0.39 is 5.60 Å². The molecule has 3 aromatic rings. The molecule has 6 nitrogen and oxygen atoms in total. The molecule has 0 saturated carbocycles. The zero-order valence-corrected chi connectivity index (χ0v) is 19.9. The lowest BCUT2D eigenvalue weighted by atomic mass is 9.85. The van der Waals surface area contributed by atoms with Crippen molar-refractivity contribution in [3.8, 4) is 5.69 Å². The molecule has 0 saturated heterocycles. The average Bonchev–Trinajstić information content (AvgIpc) is 3.16. The predicted octanol–water partition coefficient (Wildman–Crippen LogP) is 5.43. The molecule has 3 rings (SSSR count). The maximum Gasteiger partial charge on any atom is 0.151 e. The Bertz CT molecular complexity index is 1050. The molecular formula is C26H34FN5O. The molecule has 1 aromatic carbocycles. The largest absolute Gasteiger partial charge is 0.385 e. The van der Waals surface area contributed by atoms with Crippen LogP contribution >= 0.6 is 0 Å². The third kappa shape index (κ3) is 7.08. The van der Waals surface area contributed by atoms with Crippen molar-refractivity contribution in [1.29, 1.82) is 0 Å². The monoisotopic (exact) mass is 451 g/mol. The molecule has 0 atom stereocenters. The summed E-state index contributed by atoms with van der Waals surface area (Å²) in [6.07, 6.45) is 8.50. The van der Waals surface area contributed by atoms with Crippen LogP contribution in [0.5, 0.6) is 0 Å². The van der Waals surface area contributed by atoms with Gasteiger partial charge in [-0.1, -0.05) is 45.4 Å². The second kappa shape index (κ2) is 12.1. The van der Waals surface area contributed by atoms with Crippen molar-refractivity contribution in [2.45, 2.75) is 59.0 Å². The Morgan fingerprint density at radius 3 is 2.21 bits per heavy atom. The van der Waals surface area contributed by atoms with Gasteiger partial charge in [-0.05, 0) is 56.5 Å². The van der Waals surface area contributed by atoms with Gasteiger partial charge >= 0.3 is 0 Å². The summed E-state index contributed by atoms with van der Waals surface area (Å²) in [7, 11) is 0. The molecule has 0 bridgehead atoms. The fourth-order valence-corrected chi connectivity index (χ4v) is 3.69. The highest BCUT2D eigenvalue weighted by Gasteiger charge is 2.26. The summed E-state index contributed by atoms with van der Waals surface area (Å²) in [5.41, 5.74) is 9.19. The van der Waals surface area contributed by atoms with Crippen LogP contribution in [-0.2, 0) is 5.60 Å². The van der Waals surface area contributed by atoms with Crippen LogP contribution in [0, 0.1) is 12.7 Å². The number of halogens is 1. The smallest absolute Gasteiger partial charge is 0.151 e. The first-order valence-corrected chi connectivity index (χ1v) is 11.1. The number of rotatable bonds is 8. The lowest BCUT2D eigenvalue weighted by Gasteiger charge is -2.28. The van der Waals surface area contributed by atoms with Crippen LogP contribution in [-0.4, -0.2) is 25.5 Å². The van der Waals surface area contributed by atoms with Gasteiger partial charge in [0.1, 0.15) is 17.8 Å². The van der Waals surface area contributed by atoms with E-state index in [9.17, 15) is 9.50 Å². The number of aliphatic hydroxyl groups is 1. The summed E-state index contributed by atoms with van der Waals surface area (Å²) in [5, 5.41) is 10.5. The third-order valence-corrected chi connectivity index (χ3v) is 5.21. The molecule has 0 aliphatic carbocycles. The van der Waals surface area contributed by atoms with E-state index in [-0.39, 0.29) is 5.82 Å². The molecule has 33 heavy (non-hydrogen) atoms. The normalized spacial score (nSPS) is 11.6. The molecule has 0 aliphatic rings. The fourth-order valence-electron chi connectivity index (χ4n) is 3.69. The number of hydrogen-bond acceptors (Lipinski definition) is 4. The molecule has 0 radical (unpaired) electrons. The van der Waals surface area contributed by atoms with Gasteiger partial charge in [0.05, 0.1) is 11.3 Å². The van der Waals surface area contributed by atoms with Crippen LogP contribution in [0.25, 0.3) is 5.69 Å². The zero-order chi connectivity index (χ0) is 24.4. The Balaban J connectivity index is 0.000000238. The number of amidine groups is 1. The van der Waals surface area contributed by atoms with Crippen molar-refractivity contribution in [3.05, 3.63) is 90.2 Å². The Kier molecular flexibility index (Phi) is 9.48. The van der Waals surface area contributed by atoms with Crippen LogP contribution in [0.2, 0.25) is 0 Å². The Hall–Kier alpha value is -3.32. The third-order valence-electron chi connectivity index (χ3n) is 5.21. The van der Waals surface area contributed by atoms with E-state index in [1.807, 2.05) is 37.5 Å². The van der Waals surface area contributed by atoms with Crippen molar-refractivity contribution in [3.63, 3.8) is 0 Å². The number of nitrogens with two attached hydrogens (primary N) is 1. The van der Waals surface area contributed by atoms with Crippen molar-refractivity contribution in [1.82, 2.24) is 14.5 Å². The number of aromatic nitrogens is 3. The number of benzene rings is 1. The van der Waals surface area contributed by atoms with Crippen LogP contribution in [0.15, 0.2) is 72.4 Å². The summed E-state index contributed by atoms with van der Waals surface area (Å²) >= 11 is 0. The van der Waals surface area contributed by atoms with E-state index in [4.69, 9.17) is 5.73 Å². The number of hydrogen-bond donors (Lipinski definition) is 2. The molecule has 0 fully saturated rings. The maximum atomic E-state index is 12.8. The molecule has 3 N–H and O–H groups in total. The van der Waals surface area contributed by atoms with Crippen LogP contribution < -0.4 is 5.73 Å². The van der Waals surface area contributed by atoms with E-state index in [0.717, 1.165) is 42.6 Å². The summed E-state index contributed by atoms with van der Waals surface area (Å²) < 4.78 is 14.7. The quantitative estimate of drug-likeness (QED) is 0.353. The summed E-state index contributed by atoms with van der Waals surface area (Å²) in [6, 6.07) is 9.99. The second-order valence-corrected chi connectivity index (χ2v) is 8.02. The van der Waals surface area contributed by atoms with Gasteiger partial charge in [-0.15, -0.1) is 0 Å². The Morgan fingerprint density at radius 1 is 1.12 bits per heavy atom. The molecule has 7 heteroatoms. The maximum absolute atomic E-state index is 12.8. The lowest BCUT2D eigenvalue weighted by molar-refractivity contribution is 0.0169. The SMILES string of the molecule is C=C(C)N=C(N)c1ncn(-c2ccncc2)c1C.CCCC(O)(CCC)c1ccc(F)cc1. The molecule has 0 spiro atoms. The zero-order valence-electron chi connectivity index (χ0n) is 19.9. The first-order chi connectivity index (χ1) is 15.7. The number of nitrogens with zero attached hydrogens (tertiary/aromatic N) is 4. The second-order valence-electron chi connectivity index (χ2n) is 8.02. The van der Waals surface area contributed by atoms with Gasteiger partial charge in [0.25, 0.3) is 0 Å². The lowest BCUT2D eigenvalue weighted by Crippen LogP contribution is -2.25. The number of allylic oxidation sites excluding steroid dienone is 1. The number of pyridine rings is 1. The molecule has 0 unspecified atom stereocenters. The van der Waals surface area contributed by atoms with Gasteiger partial charge in [-0.3, -0.25) is 4.98 Å².